The summed E-state index contributed by atoms with van der Waals surface area (Å²) in [5, 5.41) is 8.95. The lowest BCUT2D eigenvalue weighted by atomic mass is 9.96. The van der Waals surface area contributed by atoms with Gasteiger partial charge in [-0.3, -0.25) is 4.79 Å². The van der Waals surface area contributed by atoms with Crippen molar-refractivity contribution in [3.63, 3.8) is 0 Å². The molecule has 0 aromatic heterocycles. The Kier molecular flexibility index (Phi) is 4.90. The largest absolute Gasteiger partial charge is 0.493 e. The van der Waals surface area contributed by atoms with Gasteiger partial charge in [-0.15, -0.1) is 0 Å². The molecule has 0 radical (unpaired) electrons. The van der Waals surface area contributed by atoms with Crippen LogP contribution < -0.4 is 14.4 Å². The third kappa shape index (κ3) is 3.43. The molecule has 2 aromatic rings. The second-order valence-electron chi connectivity index (χ2n) is 6.05. The van der Waals surface area contributed by atoms with Crippen LogP contribution in [0.2, 0.25) is 0 Å². The fourth-order valence-corrected chi connectivity index (χ4v) is 3.13. The van der Waals surface area contributed by atoms with E-state index in [1.54, 1.807) is 18.2 Å². The van der Waals surface area contributed by atoms with Crippen LogP contribution in [0.5, 0.6) is 11.5 Å². The van der Waals surface area contributed by atoms with Gasteiger partial charge in [-0.05, 0) is 43.5 Å². The normalized spacial score (nSPS) is 15.9. The van der Waals surface area contributed by atoms with E-state index in [0.29, 0.717) is 17.1 Å². The molecule has 0 spiro atoms. The lowest BCUT2D eigenvalue weighted by Crippen LogP contribution is -2.44. The van der Waals surface area contributed by atoms with Crippen molar-refractivity contribution < 1.29 is 14.3 Å². The molecule has 1 aliphatic heterocycles. The molecule has 1 heterocycles. The van der Waals surface area contributed by atoms with E-state index in [0.717, 1.165) is 18.5 Å². The first kappa shape index (κ1) is 16.8. The van der Waals surface area contributed by atoms with Crippen LogP contribution >= 0.6 is 0 Å². The van der Waals surface area contributed by atoms with Crippen LogP contribution in [0.25, 0.3) is 0 Å². The molecule has 1 aliphatic rings. The molecule has 0 fully saturated rings. The molecular formula is C20H20N2O3. The standard InChI is InChI=1S/C20H20N2O3/c1-14-7-9-16-5-3-4-6-17(16)22(14)20(23)13-25-18-10-8-15(12-21)11-19(18)24-2/h3-6,8,10-11,14H,7,9,13H2,1-2H3. The van der Waals surface area contributed by atoms with Gasteiger partial charge in [-0.25, -0.2) is 0 Å². The quantitative estimate of drug-likeness (QED) is 0.859. The van der Waals surface area contributed by atoms with E-state index >= 15 is 0 Å². The number of benzene rings is 2. The Bertz CT molecular complexity index is 826. The molecule has 3 rings (SSSR count). The van der Waals surface area contributed by atoms with Crippen LogP contribution in [-0.2, 0) is 11.2 Å². The number of methoxy groups -OCH3 is 1. The Morgan fingerprint density at radius 1 is 1.28 bits per heavy atom. The SMILES string of the molecule is COc1cc(C#N)ccc1OCC(=O)N1c2ccccc2CCC1C. The summed E-state index contributed by atoms with van der Waals surface area (Å²) < 4.78 is 10.9. The summed E-state index contributed by atoms with van der Waals surface area (Å²) >= 11 is 0. The average Bonchev–Trinajstić information content (AvgIpc) is 2.65. The maximum atomic E-state index is 12.8. The predicted molar refractivity (Wildman–Crippen MR) is 94.9 cm³/mol. The minimum atomic E-state index is -0.0916. The number of hydrogen-bond acceptors (Lipinski definition) is 4. The van der Waals surface area contributed by atoms with Crippen LogP contribution in [0.3, 0.4) is 0 Å². The smallest absolute Gasteiger partial charge is 0.265 e. The summed E-state index contributed by atoms with van der Waals surface area (Å²) in [6.07, 6.45) is 1.91. The Morgan fingerprint density at radius 2 is 2.08 bits per heavy atom. The second kappa shape index (κ2) is 7.27. The van der Waals surface area contributed by atoms with Crippen molar-refractivity contribution in [1.29, 1.82) is 5.26 Å². The molecule has 0 saturated carbocycles. The van der Waals surface area contributed by atoms with Crippen LogP contribution in [0.1, 0.15) is 24.5 Å². The van der Waals surface area contributed by atoms with Gasteiger partial charge >= 0.3 is 0 Å². The van der Waals surface area contributed by atoms with Crippen molar-refractivity contribution in [2.24, 2.45) is 0 Å². The highest BCUT2D eigenvalue weighted by Gasteiger charge is 2.28. The molecule has 0 saturated heterocycles. The van der Waals surface area contributed by atoms with Crippen LogP contribution in [0.15, 0.2) is 42.5 Å². The maximum absolute atomic E-state index is 12.8. The number of para-hydroxylation sites is 1. The van der Waals surface area contributed by atoms with Crippen molar-refractivity contribution in [2.75, 3.05) is 18.6 Å². The second-order valence-corrected chi connectivity index (χ2v) is 6.05. The summed E-state index contributed by atoms with van der Waals surface area (Å²) in [6.45, 7) is 1.97. The van der Waals surface area contributed by atoms with Gasteiger partial charge in [-0.2, -0.15) is 5.26 Å². The molecule has 25 heavy (non-hydrogen) atoms. The number of aryl methyl sites for hydroxylation is 1. The van der Waals surface area contributed by atoms with Gasteiger partial charge < -0.3 is 14.4 Å². The highest BCUT2D eigenvalue weighted by molar-refractivity contribution is 5.96. The monoisotopic (exact) mass is 336 g/mol. The first-order valence-electron chi connectivity index (χ1n) is 8.25. The van der Waals surface area contributed by atoms with Crippen LogP contribution in [-0.4, -0.2) is 25.7 Å². The summed E-state index contributed by atoms with van der Waals surface area (Å²) in [4.78, 5) is 14.6. The van der Waals surface area contributed by atoms with Gasteiger partial charge in [0.2, 0.25) is 0 Å². The van der Waals surface area contributed by atoms with E-state index in [4.69, 9.17) is 14.7 Å². The number of carbonyl (C=O) groups excluding carboxylic acids is 1. The molecular weight excluding hydrogens is 316 g/mol. The van der Waals surface area contributed by atoms with Gasteiger partial charge in [-0.1, -0.05) is 18.2 Å². The molecule has 128 valence electrons. The molecule has 1 amide bonds. The summed E-state index contributed by atoms with van der Waals surface area (Å²) in [6, 6.07) is 15.1. The van der Waals surface area contributed by atoms with E-state index in [9.17, 15) is 4.79 Å². The summed E-state index contributed by atoms with van der Waals surface area (Å²) in [5.41, 5.74) is 2.63. The molecule has 1 unspecified atom stereocenters. The van der Waals surface area contributed by atoms with Crippen LogP contribution in [0, 0.1) is 11.3 Å². The zero-order chi connectivity index (χ0) is 17.8. The van der Waals surface area contributed by atoms with Gasteiger partial charge in [0.15, 0.2) is 18.1 Å². The predicted octanol–water partition coefficient (Wildman–Crippen LogP) is 3.31. The summed E-state index contributed by atoms with van der Waals surface area (Å²) in [5.74, 6) is 0.804. The first-order valence-corrected chi connectivity index (χ1v) is 8.25. The number of nitriles is 1. The fraction of sp³-hybridized carbons (Fsp3) is 0.300. The van der Waals surface area contributed by atoms with Gasteiger partial charge in [0, 0.05) is 17.8 Å². The number of anilines is 1. The van der Waals surface area contributed by atoms with E-state index in [2.05, 4.69) is 19.1 Å². The van der Waals surface area contributed by atoms with Crippen molar-refractivity contribution in [1.82, 2.24) is 0 Å². The number of amides is 1. The molecule has 0 bridgehead atoms. The molecule has 5 nitrogen and oxygen atoms in total. The van der Waals surface area contributed by atoms with E-state index in [-0.39, 0.29) is 18.6 Å². The lowest BCUT2D eigenvalue weighted by molar-refractivity contribution is -0.121. The summed E-state index contributed by atoms with van der Waals surface area (Å²) in [7, 11) is 1.51. The molecule has 1 atom stereocenters. The highest BCUT2D eigenvalue weighted by Crippen LogP contribution is 2.31. The van der Waals surface area contributed by atoms with Gasteiger partial charge in [0.05, 0.1) is 18.7 Å². The molecule has 0 N–H and O–H groups in total. The van der Waals surface area contributed by atoms with Gasteiger partial charge in [0.25, 0.3) is 5.91 Å². The number of rotatable bonds is 4. The Labute approximate surface area is 147 Å². The lowest BCUT2D eigenvalue weighted by Gasteiger charge is -2.35. The number of hydrogen-bond donors (Lipinski definition) is 0. The van der Waals surface area contributed by atoms with Crippen molar-refractivity contribution >= 4 is 11.6 Å². The van der Waals surface area contributed by atoms with Crippen molar-refractivity contribution in [3.8, 4) is 17.6 Å². The fourth-order valence-electron chi connectivity index (χ4n) is 3.13. The average molecular weight is 336 g/mol. The maximum Gasteiger partial charge on any atom is 0.265 e. The third-order valence-electron chi connectivity index (χ3n) is 4.44. The number of ether oxygens (including phenoxy) is 2. The van der Waals surface area contributed by atoms with E-state index in [1.165, 1.54) is 12.7 Å². The minimum absolute atomic E-state index is 0.0824. The Balaban J connectivity index is 1.76. The van der Waals surface area contributed by atoms with Crippen LogP contribution in [0.4, 0.5) is 5.69 Å². The zero-order valence-corrected chi connectivity index (χ0v) is 14.4. The molecule has 5 heteroatoms. The molecule has 0 aliphatic carbocycles. The molecule has 2 aromatic carbocycles. The number of fused-ring (bicyclic) bond motifs is 1. The van der Waals surface area contributed by atoms with Crippen molar-refractivity contribution in [2.45, 2.75) is 25.8 Å². The Hall–Kier alpha value is -3.00. The number of nitrogens with zero attached hydrogens (tertiary/aromatic N) is 2. The van der Waals surface area contributed by atoms with E-state index in [1.807, 2.05) is 23.1 Å². The minimum Gasteiger partial charge on any atom is -0.493 e. The zero-order valence-electron chi connectivity index (χ0n) is 14.4. The number of carbonyl (C=O) groups is 1. The topological polar surface area (TPSA) is 62.6 Å². The van der Waals surface area contributed by atoms with Gasteiger partial charge in [0.1, 0.15) is 0 Å². The third-order valence-corrected chi connectivity index (χ3v) is 4.44. The van der Waals surface area contributed by atoms with E-state index < -0.39 is 0 Å². The highest BCUT2D eigenvalue weighted by atomic mass is 16.5. The first-order chi connectivity index (χ1) is 12.1. The Morgan fingerprint density at radius 3 is 2.84 bits per heavy atom. The van der Waals surface area contributed by atoms with Crippen molar-refractivity contribution in [3.05, 3.63) is 53.6 Å².